The molecule has 2 heterocycles. The zero-order chi connectivity index (χ0) is 16.8. The highest BCUT2D eigenvalue weighted by Gasteiger charge is 2.33. The Hall–Kier alpha value is -1.23. The van der Waals surface area contributed by atoms with Gasteiger partial charge in [0.15, 0.2) is 0 Å². The first kappa shape index (κ1) is 16.2. The molecule has 0 fully saturated rings. The Morgan fingerprint density at radius 2 is 2.12 bits per heavy atom. The highest BCUT2D eigenvalue weighted by molar-refractivity contribution is 7.16. The lowest BCUT2D eigenvalue weighted by atomic mass is 9.85. The van der Waals surface area contributed by atoms with Crippen molar-refractivity contribution in [1.82, 2.24) is 5.32 Å². The van der Waals surface area contributed by atoms with Gasteiger partial charge < -0.3 is 10.6 Å². The largest absolute Gasteiger partial charge is 0.353 e. The molecule has 6 heteroatoms. The molecule has 2 N–H and O–H groups in total. The molecular formula is C18H18Cl2N2OS. The molecule has 3 nitrogen and oxygen atoms in total. The maximum Gasteiger partial charge on any atom is 0.256 e. The van der Waals surface area contributed by atoms with Crippen LogP contribution in [0.2, 0.25) is 10.0 Å². The molecule has 1 amide bonds. The van der Waals surface area contributed by atoms with Crippen molar-refractivity contribution in [3.63, 3.8) is 0 Å². The minimum Gasteiger partial charge on any atom is -0.353 e. The highest BCUT2D eigenvalue weighted by Crippen LogP contribution is 2.43. The normalized spacial score (nSPS) is 22.4. The summed E-state index contributed by atoms with van der Waals surface area (Å²) in [6, 6.07) is 5.35. The molecule has 0 bridgehead atoms. The molecule has 126 valence electrons. The summed E-state index contributed by atoms with van der Waals surface area (Å²) in [7, 11) is 0. The monoisotopic (exact) mass is 380 g/mol. The van der Waals surface area contributed by atoms with E-state index in [0.717, 1.165) is 34.9 Å². The summed E-state index contributed by atoms with van der Waals surface area (Å²) in [6.45, 7) is 2.24. The van der Waals surface area contributed by atoms with E-state index in [1.807, 2.05) is 6.07 Å². The van der Waals surface area contributed by atoms with Crippen LogP contribution in [0.25, 0.3) is 0 Å². The first-order valence-electron chi connectivity index (χ1n) is 8.23. The fraction of sp³-hybridized carbons (Fsp3) is 0.389. The van der Waals surface area contributed by atoms with Crippen molar-refractivity contribution in [2.24, 2.45) is 5.92 Å². The third-order valence-corrected chi connectivity index (χ3v) is 6.74. The summed E-state index contributed by atoms with van der Waals surface area (Å²) >= 11 is 14.0. The number of carbonyl (C=O) groups excluding carboxylic acids is 1. The fourth-order valence-corrected chi connectivity index (χ4v) is 5.51. The van der Waals surface area contributed by atoms with Gasteiger partial charge in [-0.25, -0.2) is 0 Å². The standard InChI is InChI=1S/C18H18Cl2N2OS/c1-2-9-3-5-12-14(7-9)24-18-15(12)17(23)21-16(22-18)11-6-4-10(19)8-13(11)20/h4,6,8-9,16,22H,2-3,5,7H2,1H3,(H,21,23). The number of amides is 1. The molecule has 2 aromatic rings. The van der Waals surface area contributed by atoms with Gasteiger partial charge in [-0.05, 0) is 42.9 Å². The molecule has 0 radical (unpaired) electrons. The zero-order valence-corrected chi connectivity index (χ0v) is 15.6. The predicted molar refractivity (Wildman–Crippen MR) is 100 cm³/mol. The van der Waals surface area contributed by atoms with Crippen molar-refractivity contribution in [3.8, 4) is 0 Å². The van der Waals surface area contributed by atoms with Crippen LogP contribution >= 0.6 is 34.5 Å². The first-order chi connectivity index (χ1) is 11.6. The van der Waals surface area contributed by atoms with E-state index in [2.05, 4.69) is 17.6 Å². The van der Waals surface area contributed by atoms with Crippen molar-refractivity contribution in [2.45, 2.75) is 38.8 Å². The van der Waals surface area contributed by atoms with Crippen molar-refractivity contribution < 1.29 is 4.79 Å². The smallest absolute Gasteiger partial charge is 0.256 e. The summed E-state index contributed by atoms with van der Waals surface area (Å²) in [5.74, 6) is 0.731. The average Bonchev–Trinajstić information content (AvgIpc) is 2.92. The molecule has 0 saturated heterocycles. The first-order valence-corrected chi connectivity index (χ1v) is 9.81. The van der Waals surface area contributed by atoms with Gasteiger partial charge in [-0.15, -0.1) is 11.3 Å². The van der Waals surface area contributed by atoms with Gasteiger partial charge in [-0.2, -0.15) is 0 Å². The maximum atomic E-state index is 12.7. The number of carbonyl (C=O) groups is 1. The van der Waals surface area contributed by atoms with E-state index in [-0.39, 0.29) is 12.1 Å². The number of nitrogens with one attached hydrogen (secondary N) is 2. The molecule has 1 aromatic heterocycles. The van der Waals surface area contributed by atoms with E-state index >= 15 is 0 Å². The molecule has 2 unspecified atom stereocenters. The Balaban J connectivity index is 1.68. The van der Waals surface area contributed by atoms with Crippen LogP contribution in [-0.4, -0.2) is 5.91 Å². The van der Waals surface area contributed by atoms with Crippen LogP contribution in [0.15, 0.2) is 18.2 Å². The highest BCUT2D eigenvalue weighted by atomic mass is 35.5. The number of fused-ring (bicyclic) bond motifs is 3. The number of benzene rings is 1. The molecule has 0 saturated carbocycles. The second kappa shape index (κ2) is 6.25. The number of anilines is 1. The van der Waals surface area contributed by atoms with Crippen LogP contribution in [0.3, 0.4) is 0 Å². The predicted octanol–water partition coefficient (Wildman–Crippen LogP) is 5.42. The van der Waals surface area contributed by atoms with Gasteiger partial charge in [0.1, 0.15) is 11.2 Å². The van der Waals surface area contributed by atoms with Crippen molar-refractivity contribution >= 4 is 45.4 Å². The molecule has 24 heavy (non-hydrogen) atoms. The second-order valence-electron chi connectivity index (χ2n) is 6.44. The van der Waals surface area contributed by atoms with Crippen molar-refractivity contribution in [3.05, 3.63) is 49.8 Å². The third kappa shape index (κ3) is 2.71. The van der Waals surface area contributed by atoms with Crippen molar-refractivity contribution in [2.75, 3.05) is 5.32 Å². The lowest BCUT2D eigenvalue weighted by Gasteiger charge is -2.27. The molecule has 1 aliphatic heterocycles. The number of halogens is 2. The van der Waals surface area contributed by atoms with Crippen LogP contribution in [0.5, 0.6) is 0 Å². The molecule has 1 aromatic carbocycles. The molecule has 1 aliphatic carbocycles. The van der Waals surface area contributed by atoms with Crippen LogP contribution < -0.4 is 10.6 Å². The Morgan fingerprint density at radius 1 is 1.29 bits per heavy atom. The minimum absolute atomic E-state index is 0.00721. The number of rotatable bonds is 2. The van der Waals surface area contributed by atoms with Gasteiger partial charge in [-0.3, -0.25) is 4.79 Å². The minimum atomic E-state index is -0.322. The molecular weight excluding hydrogens is 363 g/mol. The van der Waals surface area contributed by atoms with Crippen LogP contribution in [0.4, 0.5) is 5.00 Å². The Bertz CT molecular complexity index is 818. The third-order valence-electron chi connectivity index (χ3n) is 5.00. The van der Waals surface area contributed by atoms with E-state index in [1.54, 1.807) is 23.5 Å². The summed E-state index contributed by atoms with van der Waals surface area (Å²) in [5.41, 5.74) is 2.91. The summed E-state index contributed by atoms with van der Waals surface area (Å²) in [5, 5.41) is 8.60. The second-order valence-corrected chi connectivity index (χ2v) is 8.39. The number of hydrogen-bond donors (Lipinski definition) is 2. The van der Waals surface area contributed by atoms with E-state index < -0.39 is 0 Å². The summed E-state index contributed by atoms with van der Waals surface area (Å²) in [4.78, 5) is 14.1. The van der Waals surface area contributed by atoms with Gasteiger partial charge in [0.05, 0.1) is 5.56 Å². The Kier molecular flexibility index (Phi) is 4.23. The van der Waals surface area contributed by atoms with Gasteiger partial charge in [-0.1, -0.05) is 42.6 Å². The van der Waals surface area contributed by atoms with Gasteiger partial charge in [0.25, 0.3) is 5.91 Å². The van der Waals surface area contributed by atoms with E-state index in [9.17, 15) is 4.79 Å². The summed E-state index contributed by atoms with van der Waals surface area (Å²) < 4.78 is 0. The Morgan fingerprint density at radius 3 is 2.88 bits per heavy atom. The fourth-order valence-electron chi connectivity index (χ4n) is 3.61. The molecule has 0 spiro atoms. The topological polar surface area (TPSA) is 41.1 Å². The molecule has 2 atom stereocenters. The Labute approximate surface area is 155 Å². The maximum absolute atomic E-state index is 12.7. The molecule has 2 aliphatic rings. The lowest BCUT2D eigenvalue weighted by molar-refractivity contribution is 0.0935. The van der Waals surface area contributed by atoms with Gasteiger partial charge in [0.2, 0.25) is 0 Å². The van der Waals surface area contributed by atoms with Gasteiger partial charge in [0, 0.05) is 20.5 Å². The quantitative estimate of drug-likeness (QED) is 0.729. The van der Waals surface area contributed by atoms with E-state index in [1.165, 1.54) is 23.3 Å². The zero-order valence-electron chi connectivity index (χ0n) is 13.3. The SMILES string of the molecule is CCC1CCc2c(sc3c2C(=O)NC(c2ccc(Cl)cc2Cl)N3)C1. The van der Waals surface area contributed by atoms with E-state index in [4.69, 9.17) is 23.2 Å². The molecule has 4 rings (SSSR count). The van der Waals surface area contributed by atoms with Crippen LogP contribution in [-0.2, 0) is 12.8 Å². The van der Waals surface area contributed by atoms with Crippen LogP contribution in [0.1, 0.15) is 52.3 Å². The van der Waals surface area contributed by atoms with Gasteiger partial charge >= 0.3 is 0 Å². The number of hydrogen-bond acceptors (Lipinski definition) is 3. The number of thiophene rings is 1. The average molecular weight is 381 g/mol. The van der Waals surface area contributed by atoms with E-state index in [0.29, 0.717) is 10.0 Å². The summed E-state index contributed by atoms with van der Waals surface area (Å²) in [6.07, 6.45) is 4.14. The lowest BCUT2D eigenvalue weighted by Crippen LogP contribution is -2.38. The van der Waals surface area contributed by atoms with Crippen molar-refractivity contribution in [1.29, 1.82) is 0 Å². The van der Waals surface area contributed by atoms with Crippen LogP contribution in [0, 0.1) is 5.92 Å².